The van der Waals surface area contributed by atoms with E-state index < -0.39 is 102 Å². The number of amides is 2. The van der Waals surface area contributed by atoms with Crippen molar-refractivity contribution in [2.75, 3.05) is 13.2 Å². The molecule has 2 amide bonds. The maximum absolute atomic E-state index is 14.0. The van der Waals surface area contributed by atoms with E-state index in [1.54, 1.807) is 58.9 Å². The number of cyclic esters (lactones) is 1. The van der Waals surface area contributed by atoms with E-state index >= 15 is 0 Å². The number of rotatable bonds is 14. The van der Waals surface area contributed by atoms with Crippen molar-refractivity contribution in [2.45, 2.75) is 128 Å². The quantitative estimate of drug-likeness (QED) is 0.122. The number of aliphatic hydroxyl groups excluding tert-OH is 2. The number of hydrogen-bond donors (Lipinski definition) is 4. The van der Waals surface area contributed by atoms with Crippen LogP contribution in [-0.2, 0) is 65.2 Å². The minimum atomic E-state index is -1.48. The summed E-state index contributed by atoms with van der Waals surface area (Å²) in [5.41, 5.74) is 1.12. The summed E-state index contributed by atoms with van der Waals surface area (Å²) in [6.45, 7) is 9.55. The fraction of sp³-hybridized carbons (Fsp3) is 0.511. The minimum absolute atomic E-state index is 0.0418. The zero-order chi connectivity index (χ0) is 44.3. The largest absolute Gasteiger partial charge is 0.462 e. The smallest absolute Gasteiger partial charge is 0.348 e. The van der Waals surface area contributed by atoms with Crippen LogP contribution in [0.2, 0.25) is 0 Å². The predicted octanol–water partition coefficient (Wildman–Crippen LogP) is 2.79. The van der Waals surface area contributed by atoms with Gasteiger partial charge in [0.05, 0.1) is 24.3 Å². The normalized spacial score (nSPS) is 23.8. The van der Waals surface area contributed by atoms with E-state index in [2.05, 4.69) is 10.6 Å². The third kappa shape index (κ3) is 10.9. The standard InChI is InChI=1S/C45H54N2O14/c1-25(49)36(40(53)46-30(23-48)16-18-35(51)60-43(2,3)4)47-39(52)29-19-32(37-33(20-29)59-45(61-37)21-27-12-7-8-13-28(27)22-45)57-41(54)31-14-10-9-11-26(31)15-17-34(50)58-38-42(55)56-24-44(38,5)6/h7-15,17,20,25,30,32-33,36-38,48-49H,16,18-19,21-24H2,1-6H3,(H,46,53)(H,47,52). The first kappa shape index (κ1) is 45.1. The van der Waals surface area contributed by atoms with E-state index in [1.807, 2.05) is 24.3 Å². The van der Waals surface area contributed by atoms with E-state index in [0.29, 0.717) is 18.4 Å². The lowest BCUT2D eigenvalue weighted by Crippen LogP contribution is -2.55. The Bertz CT molecular complexity index is 2060. The van der Waals surface area contributed by atoms with Crippen molar-refractivity contribution in [2.24, 2.45) is 5.41 Å². The number of hydrogen-bond acceptors (Lipinski definition) is 14. The molecule has 1 spiro atoms. The topological polar surface area (TPSA) is 222 Å². The molecule has 2 saturated heterocycles. The molecular formula is C45H54N2O14. The fourth-order valence-corrected chi connectivity index (χ4v) is 7.76. The number of nitrogens with one attached hydrogen (secondary N) is 2. The zero-order valence-electron chi connectivity index (χ0n) is 35.1. The van der Waals surface area contributed by atoms with Crippen molar-refractivity contribution in [3.8, 4) is 0 Å². The maximum Gasteiger partial charge on any atom is 0.348 e. The van der Waals surface area contributed by atoms with E-state index in [9.17, 15) is 39.0 Å². The van der Waals surface area contributed by atoms with Gasteiger partial charge in [-0.1, -0.05) is 56.3 Å². The molecule has 2 aliphatic heterocycles. The van der Waals surface area contributed by atoms with Gasteiger partial charge in [0, 0.05) is 42.7 Å². The van der Waals surface area contributed by atoms with E-state index in [0.717, 1.165) is 17.2 Å². The monoisotopic (exact) mass is 846 g/mol. The Morgan fingerprint density at radius 1 is 0.967 bits per heavy atom. The Morgan fingerprint density at radius 2 is 1.64 bits per heavy atom. The highest BCUT2D eigenvalue weighted by Crippen LogP contribution is 2.45. The molecule has 4 N–H and O–H groups in total. The highest BCUT2D eigenvalue weighted by Gasteiger charge is 2.55. The summed E-state index contributed by atoms with van der Waals surface area (Å²) < 4.78 is 35.0. The van der Waals surface area contributed by atoms with E-state index in [1.165, 1.54) is 19.1 Å². The second-order valence-corrected chi connectivity index (χ2v) is 17.6. The van der Waals surface area contributed by atoms with Crippen LogP contribution in [0.15, 0.2) is 66.3 Å². The van der Waals surface area contributed by atoms with Crippen molar-refractivity contribution >= 4 is 41.8 Å². The summed E-state index contributed by atoms with van der Waals surface area (Å²) in [5.74, 6) is -5.41. The SMILES string of the molecule is CC(O)C(NC(=O)C1=CC2OC3(Cc4ccccc4C3)OC2C(OC(=O)c2ccccc2C=CC(=O)OC2C(=O)OCC2(C)C)C1)C(=O)NC(CO)CCC(=O)OC(C)(C)C. The second kappa shape index (κ2) is 18.3. The van der Waals surface area contributed by atoms with Crippen LogP contribution in [0.3, 0.4) is 0 Å². The summed E-state index contributed by atoms with van der Waals surface area (Å²) in [5, 5.41) is 25.8. The third-order valence-corrected chi connectivity index (χ3v) is 10.8. The first-order valence-electron chi connectivity index (χ1n) is 20.4. The van der Waals surface area contributed by atoms with Crippen LogP contribution in [0, 0.1) is 5.41 Å². The third-order valence-electron chi connectivity index (χ3n) is 10.8. The van der Waals surface area contributed by atoms with Crippen molar-refractivity contribution < 1.29 is 67.4 Å². The summed E-state index contributed by atoms with van der Waals surface area (Å²) in [4.78, 5) is 78.6. The molecule has 0 bridgehead atoms. The molecule has 328 valence electrons. The van der Waals surface area contributed by atoms with Gasteiger partial charge in [-0.3, -0.25) is 14.4 Å². The van der Waals surface area contributed by atoms with Gasteiger partial charge in [0.1, 0.15) is 36.6 Å². The van der Waals surface area contributed by atoms with Crippen molar-refractivity contribution in [1.29, 1.82) is 0 Å². The molecule has 61 heavy (non-hydrogen) atoms. The highest BCUT2D eigenvalue weighted by atomic mass is 16.8. The van der Waals surface area contributed by atoms with Gasteiger partial charge in [-0.2, -0.15) is 0 Å². The molecule has 2 aromatic carbocycles. The molecule has 0 saturated carbocycles. The van der Waals surface area contributed by atoms with E-state index in [-0.39, 0.29) is 37.0 Å². The highest BCUT2D eigenvalue weighted by molar-refractivity contribution is 5.98. The average molecular weight is 847 g/mol. The van der Waals surface area contributed by atoms with Crippen LogP contribution in [0.25, 0.3) is 6.08 Å². The number of fused-ring (bicyclic) bond motifs is 2. The maximum atomic E-state index is 14.0. The van der Waals surface area contributed by atoms with E-state index in [4.69, 9.17) is 28.4 Å². The molecular weight excluding hydrogens is 792 g/mol. The lowest BCUT2D eigenvalue weighted by molar-refractivity contribution is -0.172. The molecule has 2 heterocycles. The minimum Gasteiger partial charge on any atom is -0.462 e. The summed E-state index contributed by atoms with van der Waals surface area (Å²) in [7, 11) is 0. The number of ether oxygens (including phenoxy) is 6. The fourth-order valence-electron chi connectivity index (χ4n) is 7.76. The van der Waals surface area contributed by atoms with Gasteiger partial charge in [-0.25, -0.2) is 14.4 Å². The molecule has 2 aliphatic carbocycles. The number of benzene rings is 2. The van der Waals surface area contributed by atoms with Gasteiger partial charge in [0.2, 0.25) is 17.9 Å². The Balaban J connectivity index is 1.18. The van der Waals surface area contributed by atoms with Crippen molar-refractivity contribution in [1.82, 2.24) is 10.6 Å². The van der Waals surface area contributed by atoms with Crippen LogP contribution in [0.1, 0.15) is 87.9 Å². The van der Waals surface area contributed by atoms with Gasteiger partial charge >= 0.3 is 23.9 Å². The Labute approximate surface area is 353 Å². The van der Waals surface area contributed by atoms with Crippen LogP contribution in [0.5, 0.6) is 0 Å². The van der Waals surface area contributed by atoms with Gasteiger partial charge in [-0.05, 0) is 69.0 Å². The first-order valence-corrected chi connectivity index (χ1v) is 20.4. The molecule has 2 aromatic rings. The van der Waals surface area contributed by atoms with Crippen LogP contribution >= 0.6 is 0 Å². The molecule has 4 aliphatic rings. The predicted molar refractivity (Wildman–Crippen MR) is 216 cm³/mol. The lowest BCUT2D eigenvalue weighted by Gasteiger charge is -2.31. The number of aliphatic hydroxyl groups is 2. The lowest BCUT2D eigenvalue weighted by atomic mass is 9.90. The molecule has 0 aromatic heterocycles. The molecule has 2 fully saturated rings. The molecule has 16 nitrogen and oxygen atoms in total. The van der Waals surface area contributed by atoms with Crippen LogP contribution in [0.4, 0.5) is 0 Å². The number of carbonyl (C=O) groups is 6. The van der Waals surface area contributed by atoms with Gasteiger partial charge < -0.3 is 49.3 Å². The summed E-state index contributed by atoms with van der Waals surface area (Å²) >= 11 is 0. The van der Waals surface area contributed by atoms with Crippen molar-refractivity contribution in [3.05, 3.63) is 88.5 Å². The van der Waals surface area contributed by atoms with Crippen LogP contribution < -0.4 is 10.6 Å². The summed E-state index contributed by atoms with van der Waals surface area (Å²) in [6.07, 6.45) is -0.594. The van der Waals surface area contributed by atoms with Gasteiger partial charge in [0.15, 0.2) is 5.79 Å². The molecule has 16 heteroatoms. The molecule has 6 rings (SSSR count). The first-order chi connectivity index (χ1) is 28.8. The summed E-state index contributed by atoms with van der Waals surface area (Å²) in [6, 6.07) is 11.8. The van der Waals surface area contributed by atoms with Gasteiger partial charge in [0.25, 0.3) is 0 Å². The van der Waals surface area contributed by atoms with Crippen LogP contribution in [-0.4, -0.2) is 113 Å². The zero-order valence-corrected chi connectivity index (χ0v) is 35.1. The second-order valence-electron chi connectivity index (χ2n) is 17.6. The Hall–Kier alpha value is -5.42. The molecule has 0 radical (unpaired) electrons. The van der Waals surface area contributed by atoms with Crippen molar-refractivity contribution in [3.63, 3.8) is 0 Å². The Morgan fingerprint density at radius 3 is 2.26 bits per heavy atom. The average Bonchev–Trinajstić information content (AvgIpc) is 3.83. The Kier molecular flexibility index (Phi) is 13.5. The number of carbonyl (C=O) groups excluding carboxylic acids is 6. The number of esters is 4. The molecule has 7 atom stereocenters. The molecule has 7 unspecified atom stereocenters. The van der Waals surface area contributed by atoms with Gasteiger partial charge in [-0.15, -0.1) is 0 Å².